The minimum atomic E-state index is -0.487. The van der Waals surface area contributed by atoms with Crippen LogP contribution in [0.15, 0.2) is 54.6 Å². The van der Waals surface area contributed by atoms with E-state index in [1.807, 2.05) is 30.3 Å². The lowest BCUT2D eigenvalue weighted by Crippen LogP contribution is -2.30. The maximum Gasteiger partial charge on any atom is 0.325 e. The second kappa shape index (κ2) is 7.65. The third kappa shape index (κ3) is 4.50. The molecule has 0 aromatic heterocycles. The molecule has 22 heavy (non-hydrogen) atoms. The van der Waals surface area contributed by atoms with Gasteiger partial charge in [-0.05, 0) is 36.4 Å². The molecule has 0 aliphatic rings. The van der Waals surface area contributed by atoms with Crippen molar-refractivity contribution in [2.75, 3.05) is 13.7 Å². The predicted octanol–water partition coefficient (Wildman–Crippen LogP) is 1.99. The van der Waals surface area contributed by atoms with E-state index in [4.69, 9.17) is 0 Å². The molecule has 1 amide bonds. The molecular formula is C18H15NO3. The summed E-state index contributed by atoms with van der Waals surface area (Å²) in [4.78, 5) is 22.8. The number of nitrogens with one attached hydrogen (secondary N) is 1. The molecule has 0 heterocycles. The third-order valence-corrected chi connectivity index (χ3v) is 2.89. The smallest absolute Gasteiger partial charge is 0.325 e. The highest BCUT2D eigenvalue weighted by Gasteiger charge is 2.07. The maximum atomic E-state index is 11.8. The summed E-state index contributed by atoms with van der Waals surface area (Å²) < 4.78 is 4.46. The van der Waals surface area contributed by atoms with Crippen LogP contribution in [-0.2, 0) is 9.53 Å². The summed E-state index contributed by atoms with van der Waals surface area (Å²) in [6.45, 7) is -0.148. The van der Waals surface area contributed by atoms with E-state index in [0.717, 1.165) is 11.1 Å². The number of methoxy groups -OCH3 is 1. The SMILES string of the molecule is COC(=O)CNC(=O)c1ccc(C#Cc2ccccc2)cc1. The Bertz CT molecular complexity index is 709. The number of amides is 1. The van der Waals surface area contributed by atoms with Crippen molar-refractivity contribution in [1.82, 2.24) is 5.32 Å². The molecule has 0 aliphatic heterocycles. The highest BCUT2D eigenvalue weighted by atomic mass is 16.5. The monoisotopic (exact) mass is 293 g/mol. The first-order valence-corrected chi connectivity index (χ1v) is 6.71. The first-order chi connectivity index (χ1) is 10.7. The van der Waals surface area contributed by atoms with Gasteiger partial charge < -0.3 is 10.1 Å². The number of hydrogen-bond acceptors (Lipinski definition) is 3. The van der Waals surface area contributed by atoms with Gasteiger partial charge in [0.2, 0.25) is 0 Å². The van der Waals surface area contributed by atoms with Crippen molar-refractivity contribution in [2.45, 2.75) is 0 Å². The van der Waals surface area contributed by atoms with E-state index in [1.165, 1.54) is 7.11 Å². The molecule has 2 aromatic rings. The van der Waals surface area contributed by atoms with E-state index in [9.17, 15) is 9.59 Å². The van der Waals surface area contributed by atoms with Crippen LogP contribution in [0.25, 0.3) is 0 Å². The number of rotatable bonds is 3. The zero-order valence-corrected chi connectivity index (χ0v) is 12.1. The first-order valence-electron chi connectivity index (χ1n) is 6.71. The molecule has 0 atom stereocenters. The molecule has 0 fully saturated rings. The quantitative estimate of drug-likeness (QED) is 0.695. The Morgan fingerprint density at radius 2 is 1.55 bits per heavy atom. The van der Waals surface area contributed by atoms with Gasteiger partial charge in [0.15, 0.2) is 0 Å². The van der Waals surface area contributed by atoms with Gasteiger partial charge in [-0.15, -0.1) is 0 Å². The molecule has 2 rings (SSSR count). The summed E-state index contributed by atoms with van der Waals surface area (Å²) in [5, 5.41) is 2.48. The number of carbonyl (C=O) groups excluding carboxylic acids is 2. The largest absolute Gasteiger partial charge is 0.468 e. The summed E-state index contributed by atoms with van der Waals surface area (Å²) in [5.41, 5.74) is 2.21. The predicted molar refractivity (Wildman–Crippen MR) is 83.2 cm³/mol. The van der Waals surface area contributed by atoms with E-state index in [0.29, 0.717) is 5.56 Å². The molecule has 0 unspecified atom stereocenters. The second-order valence-corrected chi connectivity index (χ2v) is 4.45. The van der Waals surface area contributed by atoms with Crippen LogP contribution in [0.2, 0.25) is 0 Å². The van der Waals surface area contributed by atoms with E-state index >= 15 is 0 Å². The number of benzene rings is 2. The molecule has 1 N–H and O–H groups in total. The molecule has 4 nitrogen and oxygen atoms in total. The molecule has 0 radical (unpaired) electrons. The van der Waals surface area contributed by atoms with Crippen molar-refractivity contribution in [3.8, 4) is 11.8 Å². The fourth-order valence-corrected chi connectivity index (χ4v) is 1.70. The van der Waals surface area contributed by atoms with Crippen LogP contribution < -0.4 is 5.32 Å². The normalized spacial score (nSPS) is 9.32. The molecule has 110 valence electrons. The van der Waals surface area contributed by atoms with Crippen molar-refractivity contribution < 1.29 is 14.3 Å². The Hall–Kier alpha value is -3.06. The molecule has 0 aliphatic carbocycles. The van der Waals surface area contributed by atoms with Crippen molar-refractivity contribution in [2.24, 2.45) is 0 Å². The van der Waals surface area contributed by atoms with Gasteiger partial charge in [0, 0.05) is 16.7 Å². The summed E-state index contributed by atoms with van der Waals surface area (Å²) in [5.74, 6) is 5.26. The number of hydrogen-bond donors (Lipinski definition) is 1. The third-order valence-electron chi connectivity index (χ3n) is 2.89. The number of ether oxygens (including phenoxy) is 1. The molecule has 0 saturated carbocycles. The van der Waals surface area contributed by atoms with E-state index < -0.39 is 5.97 Å². The van der Waals surface area contributed by atoms with Gasteiger partial charge in [-0.1, -0.05) is 30.0 Å². The minimum Gasteiger partial charge on any atom is -0.468 e. The van der Waals surface area contributed by atoms with Gasteiger partial charge >= 0.3 is 5.97 Å². The molecular weight excluding hydrogens is 278 g/mol. The number of esters is 1. The van der Waals surface area contributed by atoms with Crippen LogP contribution in [0.1, 0.15) is 21.5 Å². The topological polar surface area (TPSA) is 55.4 Å². The Labute approximate surface area is 129 Å². The Morgan fingerprint density at radius 3 is 2.14 bits per heavy atom. The lowest BCUT2D eigenvalue weighted by Gasteiger charge is -2.03. The highest BCUT2D eigenvalue weighted by Crippen LogP contribution is 2.04. The summed E-state index contributed by atoms with van der Waals surface area (Å²) in [6.07, 6.45) is 0. The second-order valence-electron chi connectivity index (χ2n) is 4.45. The van der Waals surface area contributed by atoms with Crippen LogP contribution in [0.5, 0.6) is 0 Å². The summed E-state index contributed by atoms with van der Waals surface area (Å²) in [6, 6.07) is 16.5. The lowest BCUT2D eigenvalue weighted by molar-refractivity contribution is -0.139. The molecule has 2 aromatic carbocycles. The van der Waals surface area contributed by atoms with E-state index in [-0.39, 0.29) is 12.5 Å². The Balaban J connectivity index is 2.00. The van der Waals surface area contributed by atoms with Crippen molar-refractivity contribution in [1.29, 1.82) is 0 Å². The van der Waals surface area contributed by atoms with Gasteiger partial charge in [-0.2, -0.15) is 0 Å². The minimum absolute atomic E-state index is 0.148. The maximum absolute atomic E-state index is 11.8. The molecule has 0 spiro atoms. The average Bonchev–Trinajstić information content (AvgIpc) is 2.59. The van der Waals surface area contributed by atoms with Gasteiger partial charge in [-0.25, -0.2) is 0 Å². The summed E-state index contributed by atoms with van der Waals surface area (Å²) in [7, 11) is 1.27. The van der Waals surface area contributed by atoms with E-state index in [1.54, 1.807) is 24.3 Å². The van der Waals surface area contributed by atoms with Crippen molar-refractivity contribution >= 4 is 11.9 Å². The fraction of sp³-hybridized carbons (Fsp3) is 0.111. The zero-order valence-electron chi connectivity index (χ0n) is 12.1. The van der Waals surface area contributed by atoms with Crippen LogP contribution >= 0.6 is 0 Å². The zero-order chi connectivity index (χ0) is 15.8. The van der Waals surface area contributed by atoms with Gasteiger partial charge in [0.25, 0.3) is 5.91 Å². The highest BCUT2D eigenvalue weighted by molar-refractivity contribution is 5.95. The first kappa shape index (κ1) is 15.3. The standard InChI is InChI=1S/C18H15NO3/c1-22-17(20)13-19-18(21)16-11-9-15(10-12-16)8-7-14-5-3-2-4-6-14/h2-6,9-12H,13H2,1H3,(H,19,21). The number of carbonyl (C=O) groups is 2. The average molecular weight is 293 g/mol. The van der Waals surface area contributed by atoms with Crippen molar-refractivity contribution in [3.05, 3.63) is 71.3 Å². The van der Waals surface area contributed by atoms with Crippen molar-refractivity contribution in [3.63, 3.8) is 0 Å². The molecule has 0 saturated heterocycles. The van der Waals surface area contributed by atoms with Crippen LogP contribution in [0.4, 0.5) is 0 Å². The Morgan fingerprint density at radius 1 is 0.955 bits per heavy atom. The lowest BCUT2D eigenvalue weighted by atomic mass is 10.1. The fourth-order valence-electron chi connectivity index (χ4n) is 1.70. The van der Waals surface area contributed by atoms with Crippen LogP contribution in [0, 0.1) is 11.8 Å². The van der Waals surface area contributed by atoms with Crippen LogP contribution in [-0.4, -0.2) is 25.5 Å². The Kier molecular flexibility index (Phi) is 5.33. The van der Waals surface area contributed by atoms with Gasteiger partial charge in [0.05, 0.1) is 7.11 Å². The molecule has 0 bridgehead atoms. The van der Waals surface area contributed by atoms with Crippen LogP contribution in [0.3, 0.4) is 0 Å². The summed E-state index contributed by atoms with van der Waals surface area (Å²) >= 11 is 0. The van der Waals surface area contributed by atoms with Gasteiger partial charge in [0.1, 0.15) is 6.54 Å². The molecule has 4 heteroatoms. The van der Waals surface area contributed by atoms with E-state index in [2.05, 4.69) is 21.9 Å². The van der Waals surface area contributed by atoms with Gasteiger partial charge in [-0.3, -0.25) is 9.59 Å².